The molecule has 8 heteroatoms. The molecule has 0 saturated heterocycles. The van der Waals surface area contributed by atoms with Gasteiger partial charge < -0.3 is 0 Å². The molecule has 6 nitrogen and oxygen atoms in total. The molecule has 0 aliphatic rings. The summed E-state index contributed by atoms with van der Waals surface area (Å²) in [5, 5.41) is 4.99. The van der Waals surface area contributed by atoms with Crippen LogP contribution in [0.1, 0.15) is 11.1 Å². The van der Waals surface area contributed by atoms with E-state index in [-0.39, 0.29) is 15.5 Å². The highest BCUT2D eigenvalue weighted by Gasteiger charge is 2.15. The number of hydrogen-bond donors (Lipinski definition) is 2. The van der Waals surface area contributed by atoms with Crippen molar-refractivity contribution in [3.05, 3.63) is 53.6 Å². The van der Waals surface area contributed by atoms with E-state index in [0.717, 1.165) is 11.1 Å². The lowest BCUT2D eigenvalue weighted by molar-refractivity contribution is 0.597. The number of rotatable bonds is 4. The van der Waals surface area contributed by atoms with Crippen LogP contribution in [0.2, 0.25) is 0 Å². The highest BCUT2D eigenvalue weighted by Crippen LogP contribution is 2.20. The number of aryl methyl sites for hydroxylation is 2. The van der Waals surface area contributed by atoms with Crippen LogP contribution in [0, 0.1) is 13.8 Å². The van der Waals surface area contributed by atoms with Crippen molar-refractivity contribution in [2.24, 2.45) is 5.14 Å². The van der Waals surface area contributed by atoms with Crippen molar-refractivity contribution in [2.75, 3.05) is 4.72 Å². The van der Waals surface area contributed by atoms with E-state index in [1.54, 1.807) is 12.1 Å². The number of primary sulfonamides is 1. The van der Waals surface area contributed by atoms with Crippen molar-refractivity contribution < 1.29 is 16.8 Å². The quantitative estimate of drug-likeness (QED) is 0.884. The molecular formula is C14H16N2O4S2. The van der Waals surface area contributed by atoms with Crippen LogP contribution in [0.25, 0.3) is 0 Å². The largest absolute Gasteiger partial charge is 0.280 e. The van der Waals surface area contributed by atoms with Gasteiger partial charge in [0.2, 0.25) is 10.0 Å². The van der Waals surface area contributed by atoms with Crippen molar-refractivity contribution >= 4 is 25.7 Å². The first-order valence-corrected chi connectivity index (χ1v) is 9.35. The summed E-state index contributed by atoms with van der Waals surface area (Å²) in [6, 6.07) is 10.0. The number of anilines is 1. The van der Waals surface area contributed by atoms with Gasteiger partial charge in [0.15, 0.2) is 0 Å². The third-order valence-electron chi connectivity index (χ3n) is 3.22. The van der Waals surface area contributed by atoms with E-state index in [4.69, 9.17) is 5.14 Å². The first-order valence-electron chi connectivity index (χ1n) is 6.32. The lowest BCUT2D eigenvalue weighted by Crippen LogP contribution is -2.14. The molecule has 0 aromatic heterocycles. The van der Waals surface area contributed by atoms with Crippen LogP contribution in [0.4, 0.5) is 5.69 Å². The first kappa shape index (κ1) is 16.5. The van der Waals surface area contributed by atoms with Gasteiger partial charge in [0.05, 0.1) is 9.79 Å². The first-order chi connectivity index (χ1) is 10.1. The Morgan fingerprint density at radius 3 is 1.86 bits per heavy atom. The van der Waals surface area contributed by atoms with Crippen LogP contribution >= 0.6 is 0 Å². The zero-order valence-electron chi connectivity index (χ0n) is 12.1. The molecule has 118 valence electrons. The van der Waals surface area contributed by atoms with Gasteiger partial charge in [-0.05, 0) is 61.4 Å². The molecule has 0 saturated carbocycles. The fraction of sp³-hybridized carbons (Fsp3) is 0.143. The van der Waals surface area contributed by atoms with E-state index in [1.165, 1.54) is 30.3 Å². The van der Waals surface area contributed by atoms with E-state index >= 15 is 0 Å². The molecule has 2 aromatic carbocycles. The van der Waals surface area contributed by atoms with E-state index < -0.39 is 20.0 Å². The van der Waals surface area contributed by atoms with Gasteiger partial charge in [-0.2, -0.15) is 0 Å². The second-order valence-electron chi connectivity index (χ2n) is 4.92. The summed E-state index contributed by atoms with van der Waals surface area (Å²) >= 11 is 0. The van der Waals surface area contributed by atoms with E-state index in [9.17, 15) is 16.8 Å². The number of hydrogen-bond acceptors (Lipinski definition) is 4. The lowest BCUT2D eigenvalue weighted by Gasteiger charge is -2.10. The fourth-order valence-corrected chi connectivity index (χ4v) is 3.47. The summed E-state index contributed by atoms with van der Waals surface area (Å²) in [6.45, 7) is 3.72. The molecule has 2 aromatic rings. The van der Waals surface area contributed by atoms with Crippen LogP contribution in [0.15, 0.2) is 52.3 Å². The highest BCUT2D eigenvalue weighted by atomic mass is 32.2. The molecule has 0 heterocycles. The SMILES string of the molecule is Cc1ccc(S(=O)(=O)Nc2ccc(S(N)(=O)=O)cc2)cc1C. The molecule has 22 heavy (non-hydrogen) atoms. The zero-order chi connectivity index (χ0) is 16.5. The normalized spacial score (nSPS) is 12.1. The molecule has 0 aliphatic carbocycles. The molecule has 0 aliphatic heterocycles. The highest BCUT2D eigenvalue weighted by molar-refractivity contribution is 7.92. The van der Waals surface area contributed by atoms with Gasteiger partial charge in [-0.25, -0.2) is 22.0 Å². The molecule has 0 unspecified atom stereocenters. The molecular weight excluding hydrogens is 324 g/mol. The molecule has 3 N–H and O–H groups in total. The molecule has 0 radical (unpaired) electrons. The zero-order valence-corrected chi connectivity index (χ0v) is 13.7. The van der Waals surface area contributed by atoms with Crippen LogP contribution in [0.3, 0.4) is 0 Å². The maximum atomic E-state index is 12.3. The van der Waals surface area contributed by atoms with Gasteiger partial charge >= 0.3 is 0 Å². The summed E-state index contributed by atoms with van der Waals surface area (Å²) in [5.74, 6) is 0. The van der Waals surface area contributed by atoms with Gasteiger partial charge in [-0.1, -0.05) is 6.07 Å². The predicted octanol–water partition coefficient (Wildman–Crippen LogP) is 1.75. The van der Waals surface area contributed by atoms with Crippen LogP contribution < -0.4 is 9.86 Å². The minimum absolute atomic E-state index is 0.0818. The third kappa shape index (κ3) is 3.65. The van der Waals surface area contributed by atoms with Crippen molar-refractivity contribution in [1.29, 1.82) is 0 Å². The molecule has 0 amide bonds. The number of nitrogens with two attached hydrogens (primary N) is 1. The van der Waals surface area contributed by atoms with Gasteiger partial charge in [0, 0.05) is 5.69 Å². The molecule has 0 bridgehead atoms. The van der Waals surface area contributed by atoms with E-state index in [1.807, 2.05) is 13.8 Å². The Bertz CT molecular complexity index is 902. The van der Waals surface area contributed by atoms with E-state index in [2.05, 4.69) is 4.72 Å². The van der Waals surface area contributed by atoms with Crippen LogP contribution in [-0.2, 0) is 20.0 Å². The van der Waals surface area contributed by atoms with E-state index in [0.29, 0.717) is 0 Å². The summed E-state index contributed by atoms with van der Waals surface area (Å²) < 4.78 is 49.3. The second kappa shape index (κ2) is 5.71. The second-order valence-corrected chi connectivity index (χ2v) is 8.16. The monoisotopic (exact) mass is 340 g/mol. The number of nitrogens with one attached hydrogen (secondary N) is 1. The van der Waals surface area contributed by atoms with Crippen LogP contribution in [-0.4, -0.2) is 16.8 Å². The van der Waals surface area contributed by atoms with Crippen molar-refractivity contribution in [1.82, 2.24) is 0 Å². The molecule has 0 fully saturated rings. The van der Waals surface area contributed by atoms with Crippen molar-refractivity contribution in [2.45, 2.75) is 23.6 Å². The molecule has 2 rings (SSSR count). The van der Waals surface area contributed by atoms with Gasteiger partial charge in [-0.15, -0.1) is 0 Å². The minimum Gasteiger partial charge on any atom is -0.280 e. The maximum absolute atomic E-state index is 12.3. The third-order valence-corrected chi connectivity index (χ3v) is 5.53. The maximum Gasteiger partial charge on any atom is 0.261 e. The Morgan fingerprint density at radius 2 is 1.36 bits per heavy atom. The molecule has 0 spiro atoms. The average molecular weight is 340 g/mol. The van der Waals surface area contributed by atoms with Crippen molar-refractivity contribution in [3.63, 3.8) is 0 Å². The molecule has 0 atom stereocenters. The Labute approximate surface area is 130 Å². The fourth-order valence-electron chi connectivity index (χ4n) is 1.81. The summed E-state index contributed by atoms with van der Waals surface area (Å²) in [7, 11) is -7.53. The summed E-state index contributed by atoms with van der Waals surface area (Å²) in [4.78, 5) is 0.0627. The Morgan fingerprint density at radius 1 is 0.818 bits per heavy atom. The summed E-state index contributed by atoms with van der Waals surface area (Å²) in [5.41, 5.74) is 2.12. The Kier molecular flexibility index (Phi) is 4.28. The topological polar surface area (TPSA) is 106 Å². The Balaban J connectivity index is 2.30. The minimum atomic E-state index is -3.80. The number of sulfonamides is 2. The number of benzene rings is 2. The van der Waals surface area contributed by atoms with Crippen molar-refractivity contribution in [3.8, 4) is 0 Å². The predicted molar refractivity (Wildman–Crippen MR) is 84.5 cm³/mol. The van der Waals surface area contributed by atoms with Gasteiger partial charge in [-0.3, -0.25) is 4.72 Å². The summed E-state index contributed by atoms with van der Waals surface area (Å²) in [6.07, 6.45) is 0. The van der Waals surface area contributed by atoms with Crippen LogP contribution in [0.5, 0.6) is 0 Å². The smallest absolute Gasteiger partial charge is 0.261 e. The standard InChI is InChI=1S/C14H16N2O4S2/c1-10-3-6-14(9-11(10)2)22(19,20)16-12-4-7-13(8-5-12)21(15,17)18/h3-9,16H,1-2H3,(H2,15,17,18). The van der Waals surface area contributed by atoms with Gasteiger partial charge in [0.25, 0.3) is 10.0 Å². The van der Waals surface area contributed by atoms with Gasteiger partial charge in [0.1, 0.15) is 0 Å². The average Bonchev–Trinajstić information content (AvgIpc) is 2.41. The Hall–Kier alpha value is -1.90. The lowest BCUT2D eigenvalue weighted by atomic mass is 10.1.